The summed E-state index contributed by atoms with van der Waals surface area (Å²) in [6.07, 6.45) is -20.8. The molecule has 4 N–H and O–H groups in total. The quantitative estimate of drug-likeness (QED) is 0.0299. The van der Waals surface area contributed by atoms with E-state index in [-0.39, 0.29) is 28.0 Å². The van der Waals surface area contributed by atoms with Gasteiger partial charge in [0.25, 0.3) is 5.69 Å². The zero-order chi connectivity index (χ0) is 53.4. The Hall–Kier alpha value is -8.34. The van der Waals surface area contributed by atoms with Gasteiger partial charge >= 0.3 is 17.9 Å². The van der Waals surface area contributed by atoms with Crippen LogP contribution in [0, 0.1) is 10.1 Å². The summed E-state index contributed by atoms with van der Waals surface area (Å²) in [7, 11) is 0. The molecule has 75 heavy (non-hydrogen) atoms. The van der Waals surface area contributed by atoms with Crippen molar-refractivity contribution in [3.8, 4) is 5.75 Å². The zero-order valence-electron chi connectivity index (χ0n) is 39.5. The van der Waals surface area contributed by atoms with Gasteiger partial charge in [-0.3, -0.25) is 29.3 Å². The highest BCUT2D eigenvalue weighted by Gasteiger charge is 2.75. The molecule has 2 aliphatic rings. The first kappa shape index (κ1) is 53.0. The van der Waals surface area contributed by atoms with E-state index in [1.165, 1.54) is 121 Å². The Kier molecular flexibility index (Phi) is 16.1. The predicted octanol–water partition coefficient (Wildman–Crippen LogP) is 4.66. The molecule has 6 aromatic carbocycles. The van der Waals surface area contributed by atoms with E-state index in [1.54, 1.807) is 30.3 Å². The maximum Gasteiger partial charge on any atom is 0.338 e. The highest BCUT2D eigenvalue weighted by molar-refractivity contribution is 6.13. The second-order valence-corrected chi connectivity index (χ2v) is 17.3. The highest BCUT2D eigenvalue weighted by Crippen LogP contribution is 2.47. The van der Waals surface area contributed by atoms with Gasteiger partial charge in [-0.15, -0.1) is 0 Å². The summed E-state index contributed by atoms with van der Waals surface area (Å²) in [4.78, 5) is 96.3. The standard InChI is InChI=1S/C55H47NO19/c1-32(57)70-44-40(31-69-50(63)36-23-13-5-14-24-36)72-52(46(43(44)60)73-51(64)37-25-15-6-16-26-37)75-49-45(42(59)41(58)33-17-7-2-8-18-33)74-53(71-39-29-27-38(28-30-39)56(67)68)55(66,48(62)35-21-11-4-12-22-35)54(49,65)47(61)34-19-9-3-10-20-34/h2-30,40,42-46,49,52-53,59-60,65-66H,31H2,1H3/t40-,42?,43+,44+,45-,46-,49-,52+,53-,54+,55+/m1/s1. The summed E-state index contributed by atoms with van der Waals surface area (Å²) in [5, 5.41) is 63.6. The molecule has 1 unspecified atom stereocenters. The van der Waals surface area contributed by atoms with E-state index in [0.717, 1.165) is 31.2 Å². The van der Waals surface area contributed by atoms with Crippen LogP contribution in [0.2, 0.25) is 0 Å². The Morgan fingerprint density at radius 1 is 0.613 bits per heavy atom. The molecule has 0 spiro atoms. The Bertz CT molecular complexity index is 3000. The second-order valence-electron chi connectivity index (χ2n) is 17.3. The van der Waals surface area contributed by atoms with E-state index < -0.39 is 125 Å². The van der Waals surface area contributed by atoms with Crippen molar-refractivity contribution in [2.45, 2.75) is 73.4 Å². The Morgan fingerprint density at radius 2 is 1.08 bits per heavy atom. The average Bonchev–Trinajstić information content (AvgIpc) is 3.45. The van der Waals surface area contributed by atoms with Crippen LogP contribution >= 0.6 is 0 Å². The van der Waals surface area contributed by atoms with E-state index in [4.69, 9.17) is 33.2 Å². The number of nitro benzene ring substituents is 1. The molecule has 2 heterocycles. The molecule has 20 heteroatoms. The Morgan fingerprint density at radius 3 is 1.57 bits per heavy atom. The van der Waals surface area contributed by atoms with Crippen LogP contribution in [-0.4, -0.2) is 134 Å². The summed E-state index contributed by atoms with van der Waals surface area (Å²) in [6.45, 7) is 0.147. The summed E-state index contributed by atoms with van der Waals surface area (Å²) in [5.74, 6) is -7.57. The molecular weight excluding hydrogens is 979 g/mol. The van der Waals surface area contributed by atoms with Gasteiger partial charge in [-0.05, 0) is 36.4 Å². The number of rotatable bonds is 18. The number of hydrogen-bond donors (Lipinski definition) is 4. The Labute approximate surface area is 426 Å². The molecule has 0 saturated carbocycles. The molecule has 11 atom stereocenters. The third-order valence-corrected chi connectivity index (χ3v) is 12.4. The van der Waals surface area contributed by atoms with Crippen molar-refractivity contribution >= 4 is 40.9 Å². The number of carbonyl (C=O) groups is 6. The van der Waals surface area contributed by atoms with Crippen LogP contribution in [0.5, 0.6) is 5.75 Å². The fourth-order valence-corrected chi connectivity index (χ4v) is 8.70. The lowest BCUT2D eigenvalue weighted by atomic mass is 9.65. The molecule has 2 saturated heterocycles. The lowest BCUT2D eigenvalue weighted by Gasteiger charge is -2.55. The van der Waals surface area contributed by atoms with Gasteiger partial charge in [-0.2, -0.15) is 0 Å². The number of nitro groups is 1. The fourth-order valence-electron chi connectivity index (χ4n) is 8.70. The monoisotopic (exact) mass is 1030 g/mol. The number of ketones is 3. The van der Waals surface area contributed by atoms with Crippen LogP contribution in [0.4, 0.5) is 5.69 Å². The summed E-state index contributed by atoms with van der Waals surface area (Å²) < 4.78 is 42.1. The van der Waals surface area contributed by atoms with Crippen molar-refractivity contribution in [2.75, 3.05) is 6.61 Å². The number of nitrogens with zero attached hydrogens (tertiary/aromatic N) is 1. The number of Topliss-reactive ketones (excluding diaryl/α,β-unsaturated/α-hetero) is 3. The molecule has 386 valence electrons. The third-order valence-electron chi connectivity index (χ3n) is 12.4. The van der Waals surface area contributed by atoms with Crippen LogP contribution in [0.25, 0.3) is 0 Å². The smallest absolute Gasteiger partial charge is 0.338 e. The normalized spacial score (nSPS) is 25.6. The van der Waals surface area contributed by atoms with Crippen LogP contribution in [-0.2, 0) is 33.2 Å². The highest BCUT2D eigenvalue weighted by atomic mass is 16.8. The van der Waals surface area contributed by atoms with Crippen molar-refractivity contribution in [3.63, 3.8) is 0 Å². The lowest BCUT2D eigenvalue weighted by molar-refractivity contribution is -0.385. The minimum Gasteiger partial charge on any atom is -0.461 e. The van der Waals surface area contributed by atoms with Crippen molar-refractivity contribution in [2.24, 2.45) is 0 Å². The van der Waals surface area contributed by atoms with Gasteiger partial charge in [0.15, 0.2) is 29.9 Å². The first-order valence-electron chi connectivity index (χ1n) is 23.2. The van der Waals surface area contributed by atoms with E-state index in [9.17, 15) is 49.7 Å². The number of benzene rings is 6. The van der Waals surface area contributed by atoms with Crippen LogP contribution < -0.4 is 4.74 Å². The van der Waals surface area contributed by atoms with Gasteiger partial charge in [0.05, 0.1) is 16.1 Å². The molecule has 2 fully saturated rings. The first-order chi connectivity index (χ1) is 36.0. The van der Waals surface area contributed by atoms with Crippen LogP contribution in [0.15, 0.2) is 176 Å². The van der Waals surface area contributed by atoms with Gasteiger partial charge in [0.1, 0.15) is 42.9 Å². The molecule has 0 radical (unpaired) electrons. The SMILES string of the molecule is CC(=O)O[C@@H]1[C@H](O)[C@@H](OC(=O)c2ccccc2)[C@H](O[C@@H]2[C@@H](C(O)C(=O)c3ccccc3)O[C@@H](Oc3ccc([N+](=O)[O-])cc3)[C@@](O)(C(=O)c3ccccc3)[C@]2(O)C(=O)c2ccccc2)O[C@@H]1COC(=O)c1ccccc1. The van der Waals surface area contributed by atoms with Crippen molar-refractivity contribution in [1.29, 1.82) is 0 Å². The van der Waals surface area contributed by atoms with Gasteiger partial charge in [-0.1, -0.05) is 127 Å². The van der Waals surface area contributed by atoms with E-state index >= 15 is 9.59 Å². The molecule has 0 aromatic heterocycles. The topological polar surface area (TPSA) is 291 Å². The van der Waals surface area contributed by atoms with Crippen molar-refractivity contribution in [3.05, 3.63) is 214 Å². The number of aliphatic hydroxyl groups is 4. The van der Waals surface area contributed by atoms with E-state index in [2.05, 4.69) is 0 Å². The van der Waals surface area contributed by atoms with Crippen LogP contribution in [0.1, 0.15) is 58.7 Å². The molecule has 20 nitrogen and oxygen atoms in total. The van der Waals surface area contributed by atoms with Gasteiger partial charge in [-0.25, -0.2) is 9.59 Å². The molecule has 0 bridgehead atoms. The third kappa shape index (κ3) is 11.0. The van der Waals surface area contributed by atoms with Gasteiger partial charge < -0.3 is 53.6 Å². The zero-order valence-corrected chi connectivity index (χ0v) is 39.5. The molecule has 0 amide bonds. The first-order valence-corrected chi connectivity index (χ1v) is 23.2. The lowest BCUT2D eigenvalue weighted by Crippen LogP contribution is -2.82. The molecule has 8 rings (SSSR count). The van der Waals surface area contributed by atoms with Gasteiger partial charge in [0, 0.05) is 35.7 Å². The molecule has 2 aliphatic heterocycles. The molecule has 6 aromatic rings. The predicted molar refractivity (Wildman–Crippen MR) is 258 cm³/mol. The number of esters is 3. The number of aliphatic hydroxyl groups excluding tert-OH is 2. The Balaban J connectivity index is 1.34. The number of carbonyl (C=O) groups excluding carboxylic acids is 6. The number of hydrogen-bond acceptors (Lipinski definition) is 19. The minimum atomic E-state index is -3.86. The van der Waals surface area contributed by atoms with Crippen LogP contribution in [0.3, 0.4) is 0 Å². The largest absolute Gasteiger partial charge is 0.461 e. The summed E-state index contributed by atoms with van der Waals surface area (Å²) in [5.41, 5.74) is -9.04. The van der Waals surface area contributed by atoms with Gasteiger partial charge in [0.2, 0.25) is 23.5 Å². The van der Waals surface area contributed by atoms with Crippen molar-refractivity contribution in [1.82, 2.24) is 0 Å². The second kappa shape index (κ2) is 22.8. The number of non-ortho nitro benzene ring substituents is 1. The maximum absolute atomic E-state index is 15.6. The van der Waals surface area contributed by atoms with E-state index in [1.807, 2.05) is 0 Å². The molecule has 0 aliphatic carbocycles. The minimum absolute atomic E-state index is 0.0667. The number of ether oxygens (including phenoxy) is 7. The maximum atomic E-state index is 15.6. The summed E-state index contributed by atoms with van der Waals surface area (Å²) in [6, 6.07) is 39.4. The van der Waals surface area contributed by atoms with E-state index in [0.29, 0.717) is 0 Å². The molecular formula is C55H47NO19. The average molecular weight is 1030 g/mol. The summed E-state index contributed by atoms with van der Waals surface area (Å²) >= 11 is 0. The fraction of sp³-hybridized carbons (Fsp3) is 0.236. The van der Waals surface area contributed by atoms with Crippen molar-refractivity contribution < 1.29 is 87.3 Å².